The molecule has 11 nitrogen and oxygen atoms in total. The Labute approximate surface area is 211 Å². The van der Waals surface area contributed by atoms with Crippen molar-refractivity contribution in [1.29, 1.82) is 0 Å². The summed E-state index contributed by atoms with van der Waals surface area (Å²) >= 11 is 3.15. The molecule has 2 aromatic rings. The highest BCUT2D eigenvalue weighted by Gasteiger charge is 2.67. The summed E-state index contributed by atoms with van der Waals surface area (Å²) in [6.07, 6.45) is 0.951. The molecule has 3 heterocycles. The number of hydrogen-bond donors (Lipinski definition) is 2. The second-order valence-electron chi connectivity index (χ2n) is 8.90. The van der Waals surface area contributed by atoms with Crippen molar-refractivity contribution < 1.29 is 22.6 Å². The van der Waals surface area contributed by atoms with Gasteiger partial charge in [-0.2, -0.15) is 0 Å². The van der Waals surface area contributed by atoms with Gasteiger partial charge in [-0.15, -0.1) is 0 Å². The fourth-order valence-corrected chi connectivity index (χ4v) is 8.74. The summed E-state index contributed by atoms with van der Waals surface area (Å²) in [4.78, 5) is 4.10. The van der Waals surface area contributed by atoms with Gasteiger partial charge in [-0.05, 0) is 90.5 Å². The van der Waals surface area contributed by atoms with E-state index in [9.17, 15) is 18.0 Å². The smallest absolute Gasteiger partial charge is 0.243 e. The summed E-state index contributed by atoms with van der Waals surface area (Å²) in [6, 6.07) is 4.11. The molecule has 2 unspecified atom stereocenters. The van der Waals surface area contributed by atoms with Crippen molar-refractivity contribution >= 4 is 49.0 Å². The van der Waals surface area contributed by atoms with Crippen LogP contribution in [-0.2, 0) is 9.84 Å². The van der Waals surface area contributed by atoms with E-state index in [1.807, 2.05) is 37.5 Å². The van der Waals surface area contributed by atoms with E-state index >= 15 is 0 Å². The van der Waals surface area contributed by atoms with Gasteiger partial charge >= 0.3 is 0 Å². The molecule has 3 fully saturated rings. The lowest BCUT2D eigenvalue weighted by molar-refractivity contribution is 0.0722. The van der Waals surface area contributed by atoms with Gasteiger partial charge in [0.25, 0.3) is 0 Å². The summed E-state index contributed by atoms with van der Waals surface area (Å²) < 4.78 is 45.7. The first kappa shape index (κ1) is 25.6. The molecule has 0 spiro atoms. The van der Waals surface area contributed by atoms with Crippen LogP contribution in [0.15, 0.2) is 32.5 Å². The fourth-order valence-electron chi connectivity index (χ4n) is 5.47. The molecule has 5 rings (SSSR count). The van der Waals surface area contributed by atoms with Crippen LogP contribution in [0.1, 0.15) is 40.5 Å². The largest absolute Gasteiger partial charge is 0.408 e. The van der Waals surface area contributed by atoms with E-state index in [0.29, 0.717) is 31.6 Å². The number of hydrogen-bond acceptors (Lipinski definition) is 9. The summed E-state index contributed by atoms with van der Waals surface area (Å²) in [5, 5.41) is 20.3. The topological polar surface area (TPSA) is 141 Å². The number of fused-ring (bicyclic) bond motifs is 1. The predicted molar refractivity (Wildman–Crippen MR) is 133 cm³/mol. The summed E-state index contributed by atoms with van der Waals surface area (Å²) in [6.45, 7) is 8.48. The predicted octanol–water partition coefficient (Wildman–Crippen LogP) is 3.23. The maximum Gasteiger partial charge on any atom is 0.243 e. The SMILES string of the molecule is CCN(c1nonc1N(/C(N)=N/O)c1ccc(F)c(Br)c1)C(C)N(CC)C1(C)C2CC(C2)S1(=O)=O. The molecule has 1 aromatic heterocycles. The second-order valence-corrected chi connectivity index (χ2v) is 12.3. The molecule has 14 heteroatoms. The van der Waals surface area contributed by atoms with E-state index < -0.39 is 26.7 Å². The highest BCUT2D eigenvalue weighted by molar-refractivity contribution is 9.10. The first-order chi connectivity index (χ1) is 16.5. The number of nitrogens with zero attached hydrogens (tertiary/aromatic N) is 6. The zero-order valence-electron chi connectivity index (χ0n) is 19.9. The Morgan fingerprint density at radius 2 is 2.00 bits per heavy atom. The van der Waals surface area contributed by atoms with Crippen molar-refractivity contribution in [3.8, 4) is 0 Å². The molecule has 2 aliphatic heterocycles. The number of rotatable bonds is 8. The Bertz CT molecular complexity index is 1240. The van der Waals surface area contributed by atoms with E-state index in [0.717, 1.165) is 0 Å². The lowest BCUT2D eigenvalue weighted by Crippen LogP contribution is -2.60. The lowest BCUT2D eigenvalue weighted by atomic mass is 9.79. The molecule has 2 bridgehead atoms. The van der Waals surface area contributed by atoms with Gasteiger partial charge in [-0.1, -0.05) is 12.1 Å². The van der Waals surface area contributed by atoms with Crippen LogP contribution in [0, 0.1) is 11.7 Å². The molecule has 0 radical (unpaired) electrons. The molecule has 35 heavy (non-hydrogen) atoms. The summed E-state index contributed by atoms with van der Waals surface area (Å²) in [5.41, 5.74) is 6.32. The third-order valence-corrected chi connectivity index (χ3v) is 11.0. The van der Waals surface area contributed by atoms with Crippen molar-refractivity contribution in [2.75, 3.05) is 22.9 Å². The minimum Gasteiger partial charge on any atom is -0.408 e. The quantitative estimate of drug-likeness (QED) is 0.159. The van der Waals surface area contributed by atoms with E-state index in [-0.39, 0.29) is 33.2 Å². The Balaban J connectivity index is 1.76. The first-order valence-electron chi connectivity index (χ1n) is 11.3. The van der Waals surface area contributed by atoms with Crippen molar-refractivity contribution in [1.82, 2.24) is 15.2 Å². The maximum atomic E-state index is 13.9. The van der Waals surface area contributed by atoms with Crippen molar-refractivity contribution in [2.24, 2.45) is 16.8 Å². The van der Waals surface area contributed by atoms with Crippen LogP contribution in [0.2, 0.25) is 0 Å². The number of aromatic nitrogens is 2. The number of guanidine groups is 1. The third-order valence-electron chi connectivity index (χ3n) is 7.45. The molecule has 1 saturated carbocycles. The van der Waals surface area contributed by atoms with Crippen LogP contribution >= 0.6 is 15.9 Å². The molecule has 2 saturated heterocycles. The number of oxime groups is 1. The van der Waals surface area contributed by atoms with Crippen LogP contribution in [0.5, 0.6) is 0 Å². The molecule has 3 N–H and O–H groups in total. The zero-order chi connectivity index (χ0) is 25.7. The molecule has 0 amide bonds. The van der Waals surface area contributed by atoms with Gasteiger partial charge in [0.2, 0.25) is 17.6 Å². The van der Waals surface area contributed by atoms with Gasteiger partial charge in [0.05, 0.1) is 21.6 Å². The second kappa shape index (κ2) is 9.21. The van der Waals surface area contributed by atoms with E-state index in [4.69, 9.17) is 10.4 Å². The minimum atomic E-state index is -3.34. The summed E-state index contributed by atoms with van der Waals surface area (Å²) in [5.74, 6) is -0.399. The molecule has 192 valence electrons. The average Bonchev–Trinajstić information content (AvgIpc) is 3.37. The average molecular weight is 574 g/mol. The van der Waals surface area contributed by atoms with Crippen molar-refractivity contribution in [3.63, 3.8) is 0 Å². The van der Waals surface area contributed by atoms with E-state index in [1.165, 1.54) is 23.1 Å². The van der Waals surface area contributed by atoms with Gasteiger partial charge in [0.15, 0.2) is 9.84 Å². The summed E-state index contributed by atoms with van der Waals surface area (Å²) in [7, 11) is -3.34. The van der Waals surface area contributed by atoms with E-state index in [1.54, 1.807) is 0 Å². The number of halogens is 2. The fraction of sp³-hybridized carbons (Fsp3) is 0.571. The van der Waals surface area contributed by atoms with Crippen LogP contribution in [0.4, 0.5) is 21.7 Å². The lowest BCUT2D eigenvalue weighted by Gasteiger charge is -2.46. The van der Waals surface area contributed by atoms with Gasteiger partial charge in [0, 0.05) is 6.54 Å². The first-order valence-corrected chi connectivity index (χ1v) is 13.7. The Morgan fingerprint density at radius 1 is 1.34 bits per heavy atom. The number of benzene rings is 1. The maximum absolute atomic E-state index is 13.9. The molecule has 1 aromatic carbocycles. The van der Waals surface area contributed by atoms with Crippen LogP contribution in [0.3, 0.4) is 0 Å². The normalized spacial score (nSPS) is 26.0. The highest BCUT2D eigenvalue weighted by atomic mass is 79.9. The van der Waals surface area contributed by atoms with Crippen molar-refractivity contribution in [3.05, 3.63) is 28.5 Å². The van der Waals surface area contributed by atoms with Gasteiger partial charge in [-0.3, -0.25) is 9.80 Å². The van der Waals surface area contributed by atoms with Gasteiger partial charge < -0.3 is 15.8 Å². The van der Waals surface area contributed by atoms with Crippen LogP contribution in [0.25, 0.3) is 0 Å². The minimum absolute atomic E-state index is 0.0683. The number of sulfone groups is 1. The zero-order valence-corrected chi connectivity index (χ0v) is 22.3. The number of nitrogens with two attached hydrogens (primary N) is 1. The van der Waals surface area contributed by atoms with Gasteiger partial charge in [0.1, 0.15) is 10.7 Å². The Hall–Kier alpha value is -2.45. The Morgan fingerprint density at radius 3 is 2.51 bits per heavy atom. The third kappa shape index (κ3) is 3.76. The van der Waals surface area contributed by atoms with Crippen LogP contribution < -0.4 is 15.5 Å². The molecule has 2 atom stereocenters. The number of anilines is 3. The van der Waals surface area contributed by atoms with E-state index in [2.05, 4.69) is 31.4 Å². The van der Waals surface area contributed by atoms with Gasteiger partial charge in [-0.25, -0.2) is 17.4 Å². The Kier molecular flexibility index (Phi) is 6.74. The molecule has 3 aliphatic rings. The molecular formula is C21H29BrFN7O4S. The monoisotopic (exact) mass is 573 g/mol. The molecular weight excluding hydrogens is 545 g/mol. The van der Waals surface area contributed by atoms with Crippen molar-refractivity contribution in [2.45, 2.75) is 56.8 Å². The van der Waals surface area contributed by atoms with Crippen LogP contribution in [-0.4, -0.2) is 64.2 Å². The standard InChI is InChI=1S/C21H29BrFN7O4S/c1-5-28(12(3)29(6-2)21(4)13-9-15(10-13)35(21,32)33)18-19(27-34-26-18)30(20(24)25-31)14-7-8-17(23)16(22)11-14/h7-8,11-13,15,31H,5-6,9-10H2,1-4H3,(H2,24,25). The molecule has 1 aliphatic carbocycles. The highest BCUT2D eigenvalue weighted by Crippen LogP contribution is 2.57.